The van der Waals surface area contributed by atoms with Gasteiger partial charge in [0.05, 0.1) is 5.69 Å². The number of fused-ring (bicyclic) bond motifs is 1. The number of amidine groups is 1. The second-order valence-electron chi connectivity index (χ2n) is 8.34. The minimum absolute atomic E-state index is 0.0284. The van der Waals surface area contributed by atoms with Crippen molar-refractivity contribution in [3.8, 4) is 23.3 Å². The molecule has 0 bridgehead atoms. The molecule has 176 valence electrons. The number of hydrogen-bond acceptors (Lipinski definition) is 6. The first-order valence-corrected chi connectivity index (χ1v) is 11.4. The Hall–Kier alpha value is -4.86. The van der Waals surface area contributed by atoms with Gasteiger partial charge in [-0.25, -0.2) is 4.99 Å². The van der Waals surface area contributed by atoms with Crippen LogP contribution in [-0.2, 0) is 0 Å². The number of pyridine rings is 1. The van der Waals surface area contributed by atoms with Gasteiger partial charge in [0.2, 0.25) is 0 Å². The van der Waals surface area contributed by atoms with E-state index in [4.69, 9.17) is 4.99 Å². The first-order valence-electron chi connectivity index (χ1n) is 11.4. The molecule has 0 saturated carbocycles. The van der Waals surface area contributed by atoms with E-state index < -0.39 is 6.23 Å². The second kappa shape index (κ2) is 9.79. The summed E-state index contributed by atoms with van der Waals surface area (Å²) in [6.07, 6.45) is 5.83. The summed E-state index contributed by atoms with van der Waals surface area (Å²) in [5.74, 6) is 6.83. The van der Waals surface area contributed by atoms with Crippen molar-refractivity contribution in [1.29, 1.82) is 0 Å². The Bertz CT molecular complexity index is 1550. The molecule has 3 N–H and O–H groups in total. The largest absolute Gasteiger partial charge is 0.508 e. The number of aliphatic hydroxyl groups is 1. The van der Waals surface area contributed by atoms with Crippen LogP contribution in [0.3, 0.4) is 0 Å². The summed E-state index contributed by atoms with van der Waals surface area (Å²) in [4.78, 5) is 10.6. The fourth-order valence-corrected chi connectivity index (χ4v) is 4.05. The van der Waals surface area contributed by atoms with Crippen LogP contribution < -0.4 is 4.90 Å². The predicted octanol–water partition coefficient (Wildman–Crippen LogP) is 5.46. The van der Waals surface area contributed by atoms with E-state index in [9.17, 15) is 15.3 Å². The Balaban J connectivity index is 1.54. The van der Waals surface area contributed by atoms with Crippen LogP contribution in [0.4, 0.5) is 11.4 Å². The maximum Gasteiger partial charge on any atom is 0.160 e. The number of aliphatic imine (C=N–C) groups is 1. The molecular formula is C30H23N3O3. The molecule has 2 heterocycles. The zero-order chi connectivity index (χ0) is 25.1. The third-order valence-corrected chi connectivity index (χ3v) is 5.83. The van der Waals surface area contributed by atoms with E-state index in [1.54, 1.807) is 29.4 Å². The maximum atomic E-state index is 11.4. The lowest BCUT2D eigenvalue weighted by molar-refractivity contribution is 0.187. The van der Waals surface area contributed by atoms with Crippen molar-refractivity contribution < 1.29 is 15.3 Å². The Morgan fingerprint density at radius 3 is 2.53 bits per heavy atom. The lowest BCUT2D eigenvalue weighted by atomic mass is 10.0. The van der Waals surface area contributed by atoms with Gasteiger partial charge in [0.1, 0.15) is 17.3 Å². The SMILES string of the molecule is Cc1cc(C#Cc2cccnc2)ccc1N1C(C=Cc2cc(O)ccc2O)=Nc2ccccc2C1O. The minimum Gasteiger partial charge on any atom is -0.508 e. The van der Waals surface area contributed by atoms with Crippen molar-refractivity contribution in [3.05, 3.63) is 119 Å². The standard InChI is InChI=1S/C30H23N3O3/c1-20-17-21(8-9-22-5-4-16-31-19-22)10-13-27(20)33-29(15-11-23-18-24(34)12-14-28(23)35)32-26-7-3-2-6-25(26)30(33)36/h2-7,10-19,30,34-36H,1H3. The van der Waals surface area contributed by atoms with Gasteiger partial charge in [-0.15, -0.1) is 0 Å². The molecule has 1 unspecified atom stereocenters. The van der Waals surface area contributed by atoms with E-state index in [-0.39, 0.29) is 11.5 Å². The molecule has 0 saturated heterocycles. The number of aromatic hydroxyl groups is 2. The number of hydrogen-bond donors (Lipinski definition) is 3. The van der Waals surface area contributed by atoms with Gasteiger partial charge >= 0.3 is 0 Å². The van der Waals surface area contributed by atoms with E-state index in [1.807, 2.05) is 61.5 Å². The Labute approximate surface area is 209 Å². The quantitative estimate of drug-likeness (QED) is 0.272. The smallest absolute Gasteiger partial charge is 0.160 e. The Morgan fingerprint density at radius 1 is 0.889 bits per heavy atom. The third-order valence-electron chi connectivity index (χ3n) is 5.83. The van der Waals surface area contributed by atoms with Crippen molar-refractivity contribution >= 4 is 23.3 Å². The predicted molar refractivity (Wildman–Crippen MR) is 141 cm³/mol. The number of benzene rings is 3. The number of rotatable bonds is 3. The number of para-hydroxylation sites is 1. The number of phenols is 2. The molecule has 0 aliphatic carbocycles. The van der Waals surface area contributed by atoms with Crippen LogP contribution in [-0.4, -0.2) is 26.1 Å². The van der Waals surface area contributed by atoms with Gasteiger partial charge in [0, 0.05) is 40.3 Å². The highest BCUT2D eigenvalue weighted by Crippen LogP contribution is 2.38. The van der Waals surface area contributed by atoms with Crippen LogP contribution in [0, 0.1) is 18.8 Å². The molecule has 0 fully saturated rings. The third kappa shape index (κ3) is 4.69. The molecule has 6 heteroatoms. The zero-order valence-corrected chi connectivity index (χ0v) is 19.5. The molecule has 0 amide bonds. The molecule has 5 rings (SSSR count). The van der Waals surface area contributed by atoms with Crippen molar-refractivity contribution in [2.24, 2.45) is 4.99 Å². The van der Waals surface area contributed by atoms with E-state index in [0.717, 1.165) is 22.4 Å². The highest BCUT2D eigenvalue weighted by molar-refractivity contribution is 6.11. The highest BCUT2D eigenvalue weighted by Gasteiger charge is 2.29. The van der Waals surface area contributed by atoms with Crippen molar-refractivity contribution in [2.75, 3.05) is 4.90 Å². The molecule has 0 radical (unpaired) electrons. The molecule has 6 nitrogen and oxygen atoms in total. The lowest BCUT2D eigenvalue weighted by Gasteiger charge is -2.35. The van der Waals surface area contributed by atoms with E-state index in [0.29, 0.717) is 22.6 Å². The summed E-state index contributed by atoms with van der Waals surface area (Å²) in [7, 11) is 0. The molecule has 1 aromatic heterocycles. The molecule has 4 aromatic rings. The van der Waals surface area contributed by atoms with Gasteiger partial charge in [0.25, 0.3) is 0 Å². The van der Waals surface area contributed by atoms with Crippen LogP contribution in [0.5, 0.6) is 11.5 Å². The number of aryl methyl sites for hydroxylation is 1. The number of anilines is 1. The zero-order valence-electron chi connectivity index (χ0n) is 19.5. The number of nitrogens with zero attached hydrogens (tertiary/aromatic N) is 3. The van der Waals surface area contributed by atoms with Gasteiger partial charge in [-0.1, -0.05) is 30.0 Å². The first-order chi connectivity index (χ1) is 17.5. The van der Waals surface area contributed by atoms with Gasteiger partial charge in [0.15, 0.2) is 6.23 Å². The highest BCUT2D eigenvalue weighted by atomic mass is 16.3. The van der Waals surface area contributed by atoms with Gasteiger partial charge < -0.3 is 15.3 Å². The number of phenolic OH excluding ortho intramolecular Hbond substituents is 2. The number of aliphatic hydroxyl groups excluding tert-OH is 1. The van der Waals surface area contributed by atoms with Crippen molar-refractivity contribution in [3.63, 3.8) is 0 Å². The molecule has 1 aliphatic rings. The maximum absolute atomic E-state index is 11.4. The van der Waals surface area contributed by atoms with Crippen molar-refractivity contribution in [2.45, 2.75) is 13.2 Å². The molecule has 0 spiro atoms. The van der Waals surface area contributed by atoms with Crippen LogP contribution in [0.15, 0.2) is 96.3 Å². The molecule has 1 atom stereocenters. The Kier molecular flexibility index (Phi) is 6.23. The average Bonchev–Trinajstić information content (AvgIpc) is 2.89. The second-order valence-corrected chi connectivity index (χ2v) is 8.34. The van der Waals surface area contributed by atoms with E-state index in [2.05, 4.69) is 16.8 Å². The van der Waals surface area contributed by atoms with Crippen LogP contribution in [0.2, 0.25) is 0 Å². The topological polar surface area (TPSA) is 89.2 Å². The molecular weight excluding hydrogens is 450 g/mol. The normalized spacial score (nSPS) is 14.7. The average molecular weight is 474 g/mol. The summed E-state index contributed by atoms with van der Waals surface area (Å²) in [6, 6.07) is 21.3. The summed E-state index contributed by atoms with van der Waals surface area (Å²) in [6.45, 7) is 1.96. The molecule has 36 heavy (non-hydrogen) atoms. The monoisotopic (exact) mass is 473 g/mol. The minimum atomic E-state index is -0.970. The molecule has 1 aliphatic heterocycles. The summed E-state index contributed by atoms with van der Waals surface area (Å²) in [5, 5.41) is 31.4. The summed E-state index contributed by atoms with van der Waals surface area (Å²) in [5.41, 5.74) is 5.14. The van der Waals surface area contributed by atoms with Crippen molar-refractivity contribution in [1.82, 2.24) is 4.98 Å². The molecule has 3 aromatic carbocycles. The summed E-state index contributed by atoms with van der Waals surface area (Å²) >= 11 is 0. The van der Waals surface area contributed by atoms with Gasteiger partial charge in [-0.2, -0.15) is 0 Å². The first kappa shape index (κ1) is 22.9. The lowest BCUT2D eigenvalue weighted by Crippen LogP contribution is -2.36. The van der Waals surface area contributed by atoms with Crippen LogP contribution >= 0.6 is 0 Å². The van der Waals surface area contributed by atoms with E-state index >= 15 is 0 Å². The van der Waals surface area contributed by atoms with Crippen LogP contribution in [0.25, 0.3) is 6.08 Å². The summed E-state index contributed by atoms with van der Waals surface area (Å²) < 4.78 is 0. The van der Waals surface area contributed by atoms with Gasteiger partial charge in [-0.3, -0.25) is 9.88 Å². The van der Waals surface area contributed by atoms with E-state index in [1.165, 1.54) is 18.2 Å². The Morgan fingerprint density at radius 2 is 1.72 bits per heavy atom. The fourth-order valence-electron chi connectivity index (χ4n) is 4.05. The fraction of sp³-hybridized carbons (Fsp3) is 0.0667. The number of aromatic nitrogens is 1. The van der Waals surface area contributed by atoms with Gasteiger partial charge in [-0.05, 0) is 79.2 Å². The van der Waals surface area contributed by atoms with Crippen LogP contribution in [0.1, 0.15) is 34.0 Å².